The number of fused-ring (bicyclic) bond motifs is 1. The molecule has 158 valence electrons. The smallest absolute Gasteiger partial charge is 0.410 e. The molecule has 3 aliphatic heterocycles. The highest BCUT2D eigenvalue weighted by Crippen LogP contribution is 2.31. The number of urea groups is 1. The Morgan fingerprint density at radius 1 is 1.07 bits per heavy atom. The van der Waals surface area contributed by atoms with E-state index in [-0.39, 0.29) is 36.6 Å². The quantitative estimate of drug-likeness (QED) is 0.558. The molecule has 0 saturated carbocycles. The molecule has 0 radical (unpaired) electrons. The number of halogens is 2. The van der Waals surface area contributed by atoms with Gasteiger partial charge in [0.25, 0.3) is 0 Å². The average molecular weight is 443 g/mol. The minimum absolute atomic E-state index is 0.0555. The molecule has 3 fully saturated rings. The maximum Gasteiger partial charge on any atom is 0.410 e. The van der Waals surface area contributed by atoms with Crippen LogP contribution < -0.4 is 21.7 Å². The topological polar surface area (TPSA) is 98.0 Å². The van der Waals surface area contributed by atoms with Gasteiger partial charge in [-0.25, -0.2) is 20.4 Å². The van der Waals surface area contributed by atoms with Crippen molar-refractivity contribution in [2.45, 2.75) is 12.6 Å². The lowest BCUT2D eigenvalue weighted by molar-refractivity contribution is 0.100. The van der Waals surface area contributed by atoms with Gasteiger partial charge < -0.3 is 19.9 Å². The van der Waals surface area contributed by atoms with Crippen molar-refractivity contribution < 1.29 is 14.3 Å². The molecule has 4 rings (SSSR count). The van der Waals surface area contributed by atoms with Gasteiger partial charge in [0, 0.05) is 61.1 Å². The number of nitrogens with one attached hydrogen (secondary N) is 4. The van der Waals surface area contributed by atoms with E-state index in [4.69, 9.17) is 27.9 Å². The van der Waals surface area contributed by atoms with Crippen LogP contribution in [-0.4, -0.2) is 67.2 Å². The van der Waals surface area contributed by atoms with Crippen LogP contribution in [-0.2, 0) is 11.3 Å². The van der Waals surface area contributed by atoms with Crippen LogP contribution in [0.4, 0.5) is 9.59 Å². The maximum absolute atomic E-state index is 12.4. The van der Waals surface area contributed by atoms with E-state index >= 15 is 0 Å². The number of likely N-dealkylation sites (tertiary alicyclic amines) is 2. The Hall–Kier alpha value is -1.78. The molecule has 1 aromatic rings. The van der Waals surface area contributed by atoms with Gasteiger partial charge in [0.1, 0.15) is 6.61 Å². The molecule has 3 saturated heterocycles. The zero-order valence-corrected chi connectivity index (χ0v) is 17.3. The number of carbonyl (C=O) groups is 2. The van der Waals surface area contributed by atoms with E-state index in [1.54, 1.807) is 23.1 Å². The number of rotatable bonds is 4. The first-order valence-corrected chi connectivity index (χ1v) is 10.4. The normalized spacial score (nSPS) is 25.9. The summed E-state index contributed by atoms with van der Waals surface area (Å²) in [5.74, 6) is 0.559. The molecule has 3 atom stereocenters. The highest BCUT2D eigenvalue weighted by molar-refractivity contribution is 6.34. The first kappa shape index (κ1) is 20.5. The molecular formula is C18H24Cl2N6O3. The van der Waals surface area contributed by atoms with Crippen molar-refractivity contribution in [3.63, 3.8) is 0 Å². The number of nitrogens with zero attached hydrogens (tertiary/aromatic N) is 2. The number of carbonyl (C=O) groups excluding carboxylic acids is 2. The zero-order valence-electron chi connectivity index (χ0n) is 15.8. The molecule has 0 aliphatic carbocycles. The summed E-state index contributed by atoms with van der Waals surface area (Å²) in [6.07, 6.45) is -0.348. The molecular weight excluding hydrogens is 419 g/mol. The van der Waals surface area contributed by atoms with Crippen molar-refractivity contribution in [1.82, 2.24) is 31.5 Å². The Labute approximate surface area is 178 Å². The second-order valence-corrected chi connectivity index (χ2v) is 8.57. The molecule has 0 aromatic heterocycles. The van der Waals surface area contributed by atoms with E-state index in [0.29, 0.717) is 42.8 Å². The van der Waals surface area contributed by atoms with Crippen LogP contribution in [0, 0.1) is 11.8 Å². The number of ether oxygens (including phenoxy) is 1. The first-order chi connectivity index (χ1) is 14.0. The molecule has 3 amide bonds. The molecule has 3 heterocycles. The second-order valence-electron chi connectivity index (χ2n) is 7.70. The Morgan fingerprint density at radius 2 is 1.72 bits per heavy atom. The van der Waals surface area contributed by atoms with Gasteiger partial charge in [0.15, 0.2) is 0 Å². The Kier molecular flexibility index (Phi) is 6.31. The summed E-state index contributed by atoms with van der Waals surface area (Å²) >= 11 is 11.9. The number of amides is 3. The van der Waals surface area contributed by atoms with Crippen molar-refractivity contribution in [2.24, 2.45) is 11.8 Å². The summed E-state index contributed by atoms with van der Waals surface area (Å²) in [7, 11) is 0. The molecule has 0 bridgehead atoms. The van der Waals surface area contributed by atoms with Gasteiger partial charge in [0.05, 0.1) is 6.04 Å². The van der Waals surface area contributed by atoms with Gasteiger partial charge in [-0.2, -0.15) is 5.53 Å². The van der Waals surface area contributed by atoms with Crippen molar-refractivity contribution in [2.75, 3.05) is 39.3 Å². The van der Waals surface area contributed by atoms with Crippen LogP contribution in [0.15, 0.2) is 18.2 Å². The molecule has 9 nitrogen and oxygen atoms in total. The van der Waals surface area contributed by atoms with Crippen LogP contribution in [0.5, 0.6) is 0 Å². The van der Waals surface area contributed by atoms with Gasteiger partial charge in [-0.3, -0.25) is 0 Å². The van der Waals surface area contributed by atoms with Gasteiger partial charge in [-0.15, -0.1) is 0 Å². The van der Waals surface area contributed by atoms with Gasteiger partial charge in [-0.05, 0) is 23.8 Å². The minimum atomic E-state index is -0.348. The fourth-order valence-corrected chi connectivity index (χ4v) is 4.63. The highest BCUT2D eigenvalue weighted by atomic mass is 35.5. The minimum Gasteiger partial charge on any atom is -0.445 e. The molecule has 1 aromatic carbocycles. The average Bonchev–Trinajstić information content (AvgIpc) is 3.39. The van der Waals surface area contributed by atoms with Crippen molar-refractivity contribution >= 4 is 35.3 Å². The third kappa shape index (κ3) is 5.04. The van der Waals surface area contributed by atoms with E-state index < -0.39 is 0 Å². The third-order valence-electron chi connectivity index (χ3n) is 5.53. The highest BCUT2D eigenvalue weighted by Gasteiger charge is 2.43. The van der Waals surface area contributed by atoms with E-state index in [9.17, 15) is 9.59 Å². The van der Waals surface area contributed by atoms with Crippen LogP contribution in [0.2, 0.25) is 10.0 Å². The maximum atomic E-state index is 12.4. The zero-order chi connectivity index (χ0) is 20.4. The summed E-state index contributed by atoms with van der Waals surface area (Å²) < 4.78 is 5.42. The van der Waals surface area contributed by atoms with Crippen LogP contribution in [0.25, 0.3) is 0 Å². The van der Waals surface area contributed by atoms with E-state index in [0.717, 1.165) is 12.1 Å². The van der Waals surface area contributed by atoms with Crippen molar-refractivity contribution in [1.29, 1.82) is 0 Å². The third-order valence-corrected chi connectivity index (χ3v) is 5.97. The summed E-state index contributed by atoms with van der Waals surface area (Å²) in [4.78, 5) is 28.3. The Balaban J connectivity index is 1.21. The number of benzene rings is 1. The van der Waals surface area contributed by atoms with Crippen LogP contribution in [0.1, 0.15) is 5.56 Å². The summed E-state index contributed by atoms with van der Waals surface area (Å²) in [5.41, 5.74) is 9.54. The molecule has 1 unspecified atom stereocenters. The Morgan fingerprint density at radius 3 is 2.34 bits per heavy atom. The van der Waals surface area contributed by atoms with Crippen molar-refractivity contribution in [3.05, 3.63) is 33.8 Å². The molecule has 11 heteroatoms. The van der Waals surface area contributed by atoms with Crippen molar-refractivity contribution in [3.8, 4) is 0 Å². The van der Waals surface area contributed by atoms with Gasteiger partial charge in [0.2, 0.25) is 0 Å². The molecule has 4 N–H and O–H groups in total. The van der Waals surface area contributed by atoms with E-state index in [1.807, 2.05) is 4.90 Å². The predicted molar refractivity (Wildman–Crippen MR) is 108 cm³/mol. The first-order valence-electron chi connectivity index (χ1n) is 9.61. The number of hydrazine groups is 2. The van der Waals surface area contributed by atoms with E-state index in [2.05, 4.69) is 21.7 Å². The lowest BCUT2D eigenvalue weighted by Gasteiger charge is -2.22. The SMILES string of the molecule is O=C(NCC1CNNN1)N1C[C@@H]2CN(C(=O)OCc3cc(Cl)cc(Cl)c3)C[C@@H]2C1. The predicted octanol–water partition coefficient (Wildman–Crippen LogP) is 1.18. The fraction of sp³-hybridized carbons (Fsp3) is 0.556. The number of hydrogen-bond donors (Lipinski definition) is 4. The number of hydrogen-bond acceptors (Lipinski definition) is 6. The molecule has 3 aliphatic rings. The van der Waals surface area contributed by atoms with Gasteiger partial charge >= 0.3 is 12.1 Å². The van der Waals surface area contributed by atoms with E-state index in [1.165, 1.54) is 0 Å². The Bertz CT molecular complexity index is 742. The second kappa shape index (κ2) is 8.93. The monoisotopic (exact) mass is 442 g/mol. The molecule has 29 heavy (non-hydrogen) atoms. The van der Waals surface area contributed by atoms with Crippen LogP contribution in [0.3, 0.4) is 0 Å². The fourth-order valence-electron chi connectivity index (χ4n) is 4.06. The lowest BCUT2D eigenvalue weighted by Crippen LogP contribution is -2.46. The molecule has 0 spiro atoms. The van der Waals surface area contributed by atoms with Gasteiger partial charge in [-0.1, -0.05) is 23.2 Å². The largest absolute Gasteiger partial charge is 0.445 e. The summed E-state index contributed by atoms with van der Waals surface area (Å²) in [5, 5.41) is 3.97. The summed E-state index contributed by atoms with van der Waals surface area (Å²) in [6, 6.07) is 5.20. The summed E-state index contributed by atoms with van der Waals surface area (Å²) in [6.45, 7) is 3.93. The lowest BCUT2D eigenvalue weighted by atomic mass is 10.0. The standard InChI is InChI=1S/C18H24Cl2N6O3/c19-14-1-11(2-15(20)3-14)10-29-18(28)26-8-12-6-25(7-13(12)9-26)17(27)21-4-16-5-22-24-23-16/h1-3,12-13,16,22-24H,4-10H2,(H,21,27)/t12-,13+,16?. The van der Waals surface area contributed by atoms with Crippen LogP contribution >= 0.6 is 23.2 Å².